The van der Waals surface area contributed by atoms with Gasteiger partial charge >= 0.3 is 0 Å². The van der Waals surface area contributed by atoms with Gasteiger partial charge in [0.15, 0.2) is 0 Å². The van der Waals surface area contributed by atoms with Crippen molar-refractivity contribution in [2.24, 2.45) is 0 Å². The highest BCUT2D eigenvalue weighted by molar-refractivity contribution is 6.12. The number of rotatable bonds is 3. The molecule has 0 spiro atoms. The summed E-state index contributed by atoms with van der Waals surface area (Å²) in [5.74, 6) is 0.852. The quantitative estimate of drug-likeness (QED) is 0.274. The van der Waals surface area contributed by atoms with Crippen LogP contribution in [0.3, 0.4) is 0 Å². The molecule has 7 rings (SSSR count). The van der Waals surface area contributed by atoms with E-state index in [0.29, 0.717) is 0 Å². The first kappa shape index (κ1) is 19.0. The Morgan fingerprint density at radius 1 is 0.441 bits per heavy atom. The highest BCUT2D eigenvalue weighted by Crippen LogP contribution is 2.37. The van der Waals surface area contributed by atoms with Gasteiger partial charge in [-0.2, -0.15) is 0 Å². The molecule has 7 aromatic rings. The molecule has 0 aliphatic heterocycles. The Morgan fingerprint density at radius 3 is 1.53 bits per heavy atom. The number of para-hydroxylation sites is 3. The van der Waals surface area contributed by atoms with E-state index in [0.717, 1.165) is 11.4 Å². The van der Waals surface area contributed by atoms with Crippen molar-refractivity contribution in [1.82, 2.24) is 9.13 Å². The molecule has 0 saturated heterocycles. The van der Waals surface area contributed by atoms with Gasteiger partial charge in [0.1, 0.15) is 5.75 Å². The molecule has 0 N–H and O–H groups in total. The molecule has 2 heterocycles. The molecule has 3 heteroatoms. The van der Waals surface area contributed by atoms with Gasteiger partial charge in [0.25, 0.3) is 0 Å². The number of methoxy groups -OCH3 is 1. The summed E-state index contributed by atoms with van der Waals surface area (Å²) in [5.41, 5.74) is 7.07. The van der Waals surface area contributed by atoms with Crippen LogP contribution in [0.2, 0.25) is 0 Å². The first-order valence-corrected chi connectivity index (χ1v) is 11.5. The van der Waals surface area contributed by atoms with E-state index < -0.39 is 0 Å². The van der Waals surface area contributed by atoms with E-state index >= 15 is 0 Å². The second kappa shape index (κ2) is 7.26. The molecule has 0 aliphatic carbocycles. The van der Waals surface area contributed by atoms with Crippen molar-refractivity contribution in [3.8, 4) is 17.1 Å². The Kier molecular flexibility index (Phi) is 4.06. The molecule has 162 valence electrons. The zero-order valence-electron chi connectivity index (χ0n) is 18.8. The van der Waals surface area contributed by atoms with Crippen molar-refractivity contribution in [3.05, 3.63) is 115 Å². The predicted molar refractivity (Wildman–Crippen MR) is 142 cm³/mol. The van der Waals surface area contributed by atoms with E-state index in [1.54, 1.807) is 7.11 Å². The fourth-order valence-corrected chi connectivity index (χ4v) is 5.33. The van der Waals surface area contributed by atoms with Gasteiger partial charge in [-0.1, -0.05) is 60.7 Å². The topological polar surface area (TPSA) is 19.1 Å². The molecule has 2 aromatic heterocycles. The van der Waals surface area contributed by atoms with Crippen molar-refractivity contribution < 1.29 is 4.74 Å². The summed E-state index contributed by atoms with van der Waals surface area (Å²) in [5, 5.41) is 5.02. The van der Waals surface area contributed by atoms with Crippen LogP contribution in [0.15, 0.2) is 115 Å². The maximum Gasteiger partial charge on any atom is 0.120 e. The fraction of sp³-hybridized carbons (Fsp3) is 0.0323. The first-order chi connectivity index (χ1) is 16.8. The monoisotopic (exact) mass is 438 g/mol. The van der Waals surface area contributed by atoms with E-state index in [1.165, 1.54) is 49.3 Å². The van der Waals surface area contributed by atoms with Crippen LogP contribution in [0.5, 0.6) is 5.75 Å². The van der Waals surface area contributed by atoms with Gasteiger partial charge in [-0.05, 0) is 48.5 Å². The fourth-order valence-electron chi connectivity index (χ4n) is 5.33. The Labute approximate surface area is 197 Å². The van der Waals surface area contributed by atoms with Gasteiger partial charge in [-0.25, -0.2) is 0 Å². The van der Waals surface area contributed by atoms with Crippen molar-refractivity contribution in [3.63, 3.8) is 0 Å². The Bertz CT molecular complexity index is 1800. The number of hydrogen-bond acceptors (Lipinski definition) is 1. The molecule has 0 saturated carbocycles. The van der Waals surface area contributed by atoms with Crippen LogP contribution < -0.4 is 4.74 Å². The van der Waals surface area contributed by atoms with Crippen LogP contribution in [0, 0.1) is 0 Å². The van der Waals surface area contributed by atoms with Crippen LogP contribution in [0.1, 0.15) is 0 Å². The van der Waals surface area contributed by atoms with Gasteiger partial charge in [0, 0.05) is 39.0 Å². The molecule has 34 heavy (non-hydrogen) atoms. The normalized spacial score (nSPS) is 11.7. The molecule has 3 nitrogen and oxygen atoms in total. The SMILES string of the molecule is COc1cccc(-n2c3ccccc3c3cc(-n4c5ccccc5c5ccccc54)ccc32)c1. The average Bonchev–Trinajstić information content (AvgIpc) is 3.41. The molecule has 5 aromatic carbocycles. The Balaban J connectivity index is 1.56. The van der Waals surface area contributed by atoms with Gasteiger partial charge in [-0.3, -0.25) is 0 Å². The van der Waals surface area contributed by atoms with Gasteiger partial charge < -0.3 is 13.9 Å². The molecular formula is C31H22N2O. The maximum absolute atomic E-state index is 5.51. The predicted octanol–water partition coefficient (Wildman–Crippen LogP) is 7.89. The van der Waals surface area contributed by atoms with Crippen molar-refractivity contribution in [1.29, 1.82) is 0 Å². The van der Waals surface area contributed by atoms with E-state index in [-0.39, 0.29) is 0 Å². The van der Waals surface area contributed by atoms with Gasteiger partial charge in [-0.15, -0.1) is 0 Å². The average molecular weight is 439 g/mol. The lowest BCUT2D eigenvalue weighted by molar-refractivity contribution is 0.414. The van der Waals surface area contributed by atoms with E-state index in [1.807, 2.05) is 12.1 Å². The standard InChI is InChI=1S/C31H22N2O/c1-34-23-10-8-9-21(19-23)32-30-16-7-4-13-26(30)27-20-22(17-18-31(27)32)33-28-14-5-2-11-24(28)25-12-3-6-15-29(25)33/h2-20H,1H3. The zero-order chi connectivity index (χ0) is 22.6. The van der Waals surface area contributed by atoms with Crippen LogP contribution in [0.4, 0.5) is 0 Å². The molecule has 0 bridgehead atoms. The second-order valence-corrected chi connectivity index (χ2v) is 8.63. The van der Waals surface area contributed by atoms with Crippen molar-refractivity contribution in [2.75, 3.05) is 7.11 Å². The Hall–Kier alpha value is -4.50. The zero-order valence-corrected chi connectivity index (χ0v) is 18.8. The third-order valence-electron chi connectivity index (χ3n) is 6.81. The summed E-state index contributed by atoms with van der Waals surface area (Å²) in [6.45, 7) is 0. The highest BCUT2D eigenvalue weighted by atomic mass is 16.5. The molecule has 0 amide bonds. The van der Waals surface area contributed by atoms with Crippen molar-refractivity contribution >= 4 is 43.6 Å². The van der Waals surface area contributed by atoms with Gasteiger partial charge in [0.2, 0.25) is 0 Å². The minimum atomic E-state index is 0.852. The van der Waals surface area contributed by atoms with Gasteiger partial charge in [0.05, 0.1) is 29.2 Å². The third kappa shape index (κ3) is 2.64. The number of benzene rings is 5. The molecule has 0 aliphatic rings. The van der Waals surface area contributed by atoms with Crippen LogP contribution >= 0.6 is 0 Å². The summed E-state index contributed by atoms with van der Waals surface area (Å²) >= 11 is 0. The summed E-state index contributed by atoms with van der Waals surface area (Å²) in [6.07, 6.45) is 0. The highest BCUT2D eigenvalue weighted by Gasteiger charge is 2.16. The molecule has 0 radical (unpaired) electrons. The maximum atomic E-state index is 5.51. The number of nitrogens with zero attached hydrogens (tertiary/aromatic N) is 2. The molecular weight excluding hydrogens is 416 g/mol. The minimum absolute atomic E-state index is 0.852. The number of aromatic nitrogens is 2. The lowest BCUT2D eigenvalue weighted by atomic mass is 10.1. The van der Waals surface area contributed by atoms with Crippen LogP contribution in [0.25, 0.3) is 55.0 Å². The molecule has 0 atom stereocenters. The second-order valence-electron chi connectivity index (χ2n) is 8.63. The smallest absolute Gasteiger partial charge is 0.120 e. The van der Waals surface area contributed by atoms with Crippen LogP contribution in [-0.4, -0.2) is 16.2 Å². The van der Waals surface area contributed by atoms with E-state index in [9.17, 15) is 0 Å². The lowest BCUT2D eigenvalue weighted by Crippen LogP contribution is -1.96. The number of fused-ring (bicyclic) bond motifs is 6. The summed E-state index contributed by atoms with van der Waals surface area (Å²) in [6, 6.07) is 41.0. The first-order valence-electron chi connectivity index (χ1n) is 11.5. The summed E-state index contributed by atoms with van der Waals surface area (Å²) in [4.78, 5) is 0. The van der Waals surface area contributed by atoms with E-state index in [2.05, 4.69) is 112 Å². The summed E-state index contributed by atoms with van der Waals surface area (Å²) in [7, 11) is 1.71. The lowest BCUT2D eigenvalue weighted by Gasteiger charge is -2.11. The van der Waals surface area contributed by atoms with E-state index in [4.69, 9.17) is 4.74 Å². The molecule has 0 fully saturated rings. The van der Waals surface area contributed by atoms with Crippen molar-refractivity contribution in [2.45, 2.75) is 0 Å². The number of ether oxygens (including phenoxy) is 1. The third-order valence-corrected chi connectivity index (χ3v) is 6.81. The Morgan fingerprint density at radius 2 is 0.941 bits per heavy atom. The number of hydrogen-bond donors (Lipinski definition) is 0. The van der Waals surface area contributed by atoms with Crippen LogP contribution in [-0.2, 0) is 0 Å². The summed E-state index contributed by atoms with van der Waals surface area (Å²) < 4.78 is 10.2. The minimum Gasteiger partial charge on any atom is -0.497 e. The molecule has 0 unspecified atom stereocenters. The largest absolute Gasteiger partial charge is 0.497 e.